The van der Waals surface area contributed by atoms with E-state index in [1.165, 1.54) is 6.92 Å². The van der Waals surface area contributed by atoms with Crippen LogP contribution in [0.3, 0.4) is 0 Å². The Morgan fingerprint density at radius 1 is 1.20 bits per heavy atom. The van der Waals surface area contributed by atoms with Gasteiger partial charge in [-0.1, -0.05) is 35.0 Å². The van der Waals surface area contributed by atoms with E-state index in [1.807, 2.05) is 0 Å². The Morgan fingerprint density at radius 3 is 2.33 bits per heavy atom. The molecule has 15 heavy (non-hydrogen) atoms. The molecule has 1 N–H and O–H groups in total. The van der Waals surface area contributed by atoms with Crippen molar-refractivity contribution in [1.82, 2.24) is 0 Å². The monoisotopic (exact) mass is 244 g/mol. The summed E-state index contributed by atoms with van der Waals surface area (Å²) in [6.07, 6.45) is 0. The normalized spacial score (nSPS) is 16.8. The molecule has 5 heteroatoms. The highest BCUT2D eigenvalue weighted by Gasteiger charge is 2.29. The lowest BCUT2D eigenvalue weighted by atomic mass is 9.98. The molecule has 0 radical (unpaired) electrons. The zero-order valence-electron chi connectivity index (χ0n) is 7.73. The van der Waals surface area contributed by atoms with Crippen LogP contribution in [0.1, 0.15) is 6.92 Å². The molecule has 0 saturated heterocycles. The van der Waals surface area contributed by atoms with Crippen molar-refractivity contribution in [2.24, 2.45) is 0 Å². The van der Waals surface area contributed by atoms with Gasteiger partial charge in [0.05, 0.1) is 10.6 Å². The van der Waals surface area contributed by atoms with Gasteiger partial charge in [-0.05, 0) is 6.92 Å². The Morgan fingerprint density at radius 2 is 1.80 bits per heavy atom. The maximum atomic E-state index is 11.5. The van der Waals surface area contributed by atoms with E-state index < -0.39 is 18.2 Å². The maximum Gasteiger partial charge on any atom is 0.214 e. The van der Waals surface area contributed by atoms with E-state index in [-0.39, 0.29) is 21.2 Å². The molecule has 1 aliphatic carbocycles. The second-order valence-corrected chi connectivity index (χ2v) is 3.50. The van der Waals surface area contributed by atoms with Crippen molar-refractivity contribution in [2.75, 3.05) is 6.61 Å². The lowest BCUT2D eigenvalue weighted by molar-refractivity contribution is -0.115. The number of halogens is 2. The molecule has 0 spiro atoms. The van der Waals surface area contributed by atoms with E-state index in [2.05, 4.69) is 11.8 Å². The van der Waals surface area contributed by atoms with Gasteiger partial charge in [0.25, 0.3) is 0 Å². The summed E-state index contributed by atoms with van der Waals surface area (Å²) in [4.78, 5) is 23.0. The van der Waals surface area contributed by atoms with Crippen molar-refractivity contribution < 1.29 is 14.7 Å². The first-order valence-electron chi connectivity index (χ1n) is 3.96. The molecule has 0 aromatic heterocycles. The summed E-state index contributed by atoms with van der Waals surface area (Å²) in [5, 5.41) is 8.05. The van der Waals surface area contributed by atoms with Gasteiger partial charge in [-0.15, -0.1) is 0 Å². The lowest BCUT2D eigenvalue weighted by Gasteiger charge is -2.11. The summed E-state index contributed by atoms with van der Waals surface area (Å²) in [6, 6.07) is 0. The molecule has 0 amide bonds. The van der Waals surface area contributed by atoms with E-state index in [9.17, 15) is 9.59 Å². The molecule has 1 aliphatic rings. The molecule has 0 saturated carbocycles. The fourth-order valence-electron chi connectivity index (χ4n) is 0.997. The molecular formula is C10H6Cl2O3. The number of hydrogen-bond donors (Lipinski definition) is 1. The summed E-state index contributed by atoms with van der Waals surface area (Å²) in [7, 11) is 0. The van der Waals surface area contributed by atoms with Crippen LogP contribution in [-0.2, 0) is 9.59 Å². The highest BCUT2D eigenvalue weighted by Crippen LogP contribution is 2.28. The van der Waals surface area contributed by atoms with Gasteiger partial charge in [0.2, 0.25) is 11.6 Å². The molecule has 0 unspecified atom stereocenters. The van der Waals surface area contributed by atoms with Crippen molar-refractivity contribution in [3.63, 3.8) is 0 Å². The third-order valence-electron chi connectivity index (χ3n) is 1.81. The van der Waals surface area contributed by atoms with Crippen LogP contribution in [-0.4, -0.2) is 23.3 Å². The summed E-state index contributed by atoms with van der Waals surface area (Å²) in [6.45, 7) is 0.997. The summed E-state index contributed by atoms with van der Waals surface area (Å²) >= 11 is 11.3. The molecule has 3 nitrogen and oxygen atoms in total. The van der Waals surface area contributed by atoms with Gasteiger partial charge >= 0.3 is 0 Å². The first kappa shape index (κ1) is 12.0. The Labute approximate surface area is 96.4 Å². The van der Waals surface area contributed by atoms with Gasteiger partial charge in [0, 0.05) is 5.57 Å². The van der Waals surface area contributed by atoms with Gasteiger partial charge in [-0.25, -0.2) is 0 Å². The van der Waals surface area contributed by atoms with Crippen molar-refractivity contribution in [3.8, 4) is 11.8 Å². The molecule has 0 atom stereocenters. The topological polar surface area (TPSA) is 54.4 Å². The fourth-order valence-corrected chi connectivity index (χ4v) is 1.45. The number of aliphatic hydroxyl groups is 1. The standard InChI is InChI=1S/C10H6Cl2O3/c1-5-7(11)10(15)6(3-2-4-13)8(12)9(5)14/h13H,4H2,1H3. The Kier molecular flexibility index (Phi) is 3.70. The highest BCUT2D eigenvalue weighted by atomic mass is 35.5. The Balaban J connectivity index is 3.29. The second-order valence-electron chi connectivity index (χ2n) is 2.75. The molecule has 0 aromatic rings. The molecule has 1 rings (SSSR count). The summed E-state index contributed by atoms with van der Waals surface area (Å²) in [5.74, 6) is 3.46. The zero-order chi connectivity index (χ0) is 11.6. The predicted molar refractivity (Wildman–Crippen MR) is 56.3 cm³/mol. The zero-order valence-corrected chi connectivity index (χ0v) is 9.24. The average molecular weight is 245 g/mol. The van der Waals surface area contributed by atoms with Crippen molar-refractivity contribution in [2.45, 2.75) is 6.92 Å². The molecule has 0 aromatic carbocycles. The van der Waals surface area contributed by atoms with Gasteiger partial charge < -0.3 is 5.11 Å². The van der Waals surface area contributed by atoms with Crippen LogP contribution in [0.5, 0.6) is 0 Å². The molecule has 0 heterocycles. The third kappa shape index (κ3) is 2.13. The fraction of sp³-hybridized carbons (Fsp3) is 0.200. The van der Waals surface area contributed by atoms with Crippen molar-refractivity contribution >= 4 is 34.8 Å². The van der Waals surface area contributed by atoms with E-state index in [4.69, 9.17) is 28.3 Å². The molecule has 0 bridgehead atoms. The summed E-state index contributed by atoms with van der Waals surface area (Å²) in [5.41, 5.74) is -0.0486. The molecule has 78 valence electrons. The molecular weight excluding hydrogens is 239 g/mol. The van der Waals surface area contributed by atoms with Crippen molar-refractivity contribution in [1.29, 1.82) is 0 Å². The smallest absolute Gasteiger partial charge is 0.214 e. The Hall–Kier alpha value is -1.08. The average Bonchev–Trinajstić information content (AvgIpc) is 2.24. The largest absolute Gasteiger partial charge is 0.384 e. The molecule has 0 aliphatic heterocycles. The number of carbonyl (C=O) groups is 2. The van der Waals surface area contributed by atoms with Crippen LogP contribution >= 0.6 is 23.2 Å². The first-order chi connectivity index (χ1) is 7.00. The van der Waals surface area contributed by atoms with Gasteiger partial charge in [0.15, 0.2) is 0 Å². The van der Waals surface area contributed by atoms with Gasteiger partial charge in [-0.3, -0.25) is 9.59 Å². The number of rotatable bonds is 0. The lowest BCUT2D eigenvalue weighted by Crippen LogP contribution is -2.17. The quantitative estimate of drug-likeness (QED) is 0.514. The van der Waals surface area contributed by atoms with E-state index >= 15 is 0 Å². The first-order valence-corrected chi connectivity index (χ1v) is 4.71. The highest BCUT2D eigenvalue weighted by molar-refractivity contribution is 6.56. The van der Waals surface area contributed by atoms with Crippen LogP contribution in [0.2, 0.25) is 0 Å². The number of ketones is 2. The predicted octanol–water partition coefficient (Wildman–Crippen LogP) is 1.14. The summed E-state index contributed by atoms with van der Waals surface area (Å²) < 4.78 is 0. The van der Waals surface area contributed by atoms with Crippen LogP contribution in [0.25, 0.3) is 0 Å². The van der Waals surface area contributed by atoms with Gasteiger partial charge in [0.1, 0.15) is 11.6 Å². The number of Topliss-reactive ketones (excluding diaryl/α,β-unsaturated/α-hetero) is 2. The number of allylic oxidation sites excluding steroid dienone is 4. The SMILES string of the molecule is CC1=C(Cl)C(=O)C(C#CCO)=C(Cl)C1=O. The minimum Gasteiger partial charge on any atom is -0.384 e. The minimum atomic E-state index is -0.584. The second kappa shape index (κ2) is 4.63. The van der Waals surface area contributed by atoms with E-state index in [1.54, 1.807) is 0 Å². The van der Waals surface area contributed by atoms with Crippen LogP contribution < -0.4 is 0 Å². The number of hydrogen-bond acceptors (Lipinski definition) is 3. The maximum absolute atomic E-state index is 11.5. The van der Waals surface area contributed by atoms with Crippen LogP contribution in [0.4, 0.5) is 0 Å². The van der Waals surface area contributed by atoms with E-state index in [0.717, 1.165) is 0 Å². The third-order valence-corrected chi connectivity index (χ3v) is 2.62. The van der Waals surface area contributed by atoms with E-state index in [0.29, 0.717) is 0 Å². The number of aliphatic hydroxyl groups excluding tert-OH is 1. The Bertz CT molecular complexity index is 461. The number of carbonyl (C=O) groups excluding carboxylic acids is 2. The van der Waals surface area contributed by atoms with Crippen LogP contribution in [0.15, 0.2) is 21.2 Å². The minimum absolute atomic E-state index is 0.112. The van der Waals surface area contributed by atoms with Crippen molar-refractivity contribution in [3.05, 3.63) is 21.2 Å². The van der Waals surface area contributed by atoms with Gasteiger partial charge in [-0.2, -0.15) is 0 Å². The van der Waals surface area contributed by atoms with Crippen LogP contribution in [0, 0.1) is 11.8 Å². The molecule has 0 fully saturated rings.